The minimum atomic E-state index is -1.34. The summed E-state index contributed by atoms with van der Waals surface area (Å²) in [5.74, 6) is 0.755. The number of fused-ring (bicyclic) bond motifs is 4. The van der Waals surface area contributed by atoms with Crippen molar-refractivity contribution >= 4 is 39.7 Å². The molecule has 2 fully saturated rings. The molecule has 61 heavy (non-hydrogen) atoms. The van der Waals surface area contributed by atoms with Gasteiger partial charge in [-0.05, 0) is 115 Å². The van der Waals surface area contributed by atoms with Crippen molar-refractivity contribution in [3.63, 3.8) is 0 Å². The van der Waals surface area contributed by atoms with Crippen LogP contribution >= 0.6 is 0 Å². The van der Waals surface area contributed by atoms with Crippen LogP contribution in [0.4, 0.5) is 10.3 Å². The third kappa shape index (κ3) is 9.33. The van der Waals surface area contributed by atoms with Gasteiger partial charge in [0.25, 0.3) is 0 Å². The highest BCUT2D eigenvalue weighted by atomic mass is 19.1. The van der Waals surface area contributed by atoms with Gasteiger partial charge in [-0.1, -0.05) is 49.6 Å². The van der Waals surface area contributed by atoms with Gasteiger partial charge in [0.1, 0.15) is 11.7 Å². The van der Waals surface area contributed by atoms with Crippen LogP contribution in [-0.4, -0.2) is 97.2 Å². The molecule has 2 aromatic carbocycles. The van der Waals surface area contributed by atoms with Gasteiger partial charge in [0.15, 0.2) is 0 Å². The second-order valence-electron chi connectivity index (χ2n) is 18.8. The Balaban J connectivity index is 0.781. The number of anilines is 1. The number of benzene rings is 2. The van der Waals surface area contributed by atoms with E-state index in [1.54, 1.807) is 30.0 Å². The molecular formula is C48H64FN9O3. The summed E-state index contributed by atoms with van der Waals surface area (Å²) < 4.78 is 18.5. The van der Waals surface area contributed by atoms with Gasteiger partial charge in [0.05, 0.1) is 17.1 Å². The lowest BCUT2D eigenvalue weighted by atomic mass is 9.88. The fraction of sp³-hybridized carbons (Fsp3) is 0.562. The fourth-order valence-electron chi connectivity index (χ4n) is 10.4. The monoisotopic (exact) mass is 834 g/mol. The number of aromatic amines is 1. The molecule has 8 rings (SSSR count). The molecular weight excluding hydrogens is 770 g/mol. The molecule has 1 unspecified atom stereocenters. The van der Waals surface area contributed by atoms with Crippen LogP contribution in [0.1, 0.15) is 119 Å². The molecule has 3 aromatic heterocycles. The number of rotatable bonds is 15. The number of hydrogen-bond donors (Lipinski definition) is 2. The van der Waals surface area contributed by atoms with E-state index in [0.717, 1.165) is 104 Å². The van der Waals surface area contributed by atoms with Gasteiger partial charge < -0.3 is 14.8 Å². The number of aryl methyl sites for hydroxylation is 2. The van der Waals surface area contributed by atoms with Gasteiger partial charge in [0, 0.05) is 80.2 Å². The van der Waals surface area contributed by atoms with E-state index in [2.05, 4.69) is 69.3 Å². The topological polar surface area (TPSA) is 124 Å². The van der Waals surface area contributed by atoms with Gasteiger partial charge in [0.2, 0.25) is 17.8 Å². The Hall–Kier alpha value is -4.88. The Bertz CT molecular complexity index is 2390. The maximum absolute atomic E-state index is 15.2. The van der Waals surface area contributed by atoms with Crippen LogP contribution in [0, 0.1) is 5.92 Å². The second kappa shape index (κ2) is 18.2. The number of piperidine rings is 1. The third-order valence-electron chi connectivity index (χ3n) is 13.4. The molecule has 0 radical (unpaired) electrons. The number of alkyl halides is 1. The van der Waals surface area contributed by atoms with Crippen molar-refractivity contribution < 1.29 is 14.0 Å². The van der Waals surface area contributed by atoms with Crippen molar-refractivity contribution in [1.29, 1.82) is 0 Å². The Morgan fingerprint density at radius 3 is 2.44 bits per heavy atom. The van der Waals surface area contributed by atoms with E-state index in [1.165, 1.54) is 30.2 Å². The summed E-state index contributed by atoms with van der Waals surface area (Å²) >= 11 is 0. The highest BCUT2D eigenvalue weighted by molar-refractivity contribution is 5.98. The Morgan fingerprint density at radius 1 is 0.934 bits per heavy atom. The molecule has 13 heteroatoms. The second-order valence-corrected chi connectivity index (χ2v) is 18.8. The number of para-hydroxylation sites is 2. The van der Waals surface area contributed by atoms with Crippen LogP contribution in [0.25, 0.3) is 21.9 Å². The van der Waals surface area contributed by atoms with Crippen LogP contribution in [0.2, 0.25) is 0 Å². The number of aromatic nitrogens is 5. The summed E-state index contributed by atoms with van der Waals surface area (Å²) in [4.78, 5) is 58.7. The maximum atomic E-state index is 15.2. The highest BCUT2D eigenvalue weighted by Gasteiger charge is 2.39. The summed E-state index contributed by atoms with van der Waals surface area (Å²) in [6, 6.07) is 13.8. The van der Waals surface area contributed by atoms with E-state index >= 15 is 4.39 Å². The number of amides is 2. The molecule has 0 bridgehead atoms. The van der Waals surface area contributed by atoms with E-state index in [0.29, 0.717) is 31.7 Å². The van der Waals surface area contributed by atoms with Gasteiger partial charge in [-0.25, -0.2) is 19.2 Å². The van der Waals surface area contributed by atoms with Crippen LogP contribution in [0.3, 0.4) is 0 Å². The summed E-state index contributed by atoms with van der Waals surface area (Å²) in [6.45, 7) is 9.92. The number of unbranched alkanes of at least 4 members (excludes halogenated alkanes) is 4. The zero-order valence-electron chi connectivity index (χ0n) is 36.8. The van der Waals surface area contributed by atoms with Crippen molar-refractivity contribution in [2.75, 3.05) is 44.7 Å². The smallest absolute Gasteiger partial charge is 0.329 e. The molecule has 326 valence electrons. The Kier molecular flexibility index (Phi) is 12.8. The predicted octanol–water partition coefficient (Wildman–Crippen LogP) is 7.40. The highest BCUT2D eigenvalue weighted by Crippen LogP contribution is 2.41. The van der Waals surface area contributed by atoms with Crippen molar-refractivity contribution in [3.05, 3.63) is 87.7 Å². The van der Waals surface area contributed by atoms with Crippen molar-refractivity contribution in [2.24, 2.45) is 13.0 Å². The number of carbonyl (C=O) groups is 2. The van der Waals surface area contributed by atoms with E-state index < -0.39 is 17.6 Å². The molecule has 2 saturated heterocycles. The molecule has 2 amide bonds. The van der Waals surface area contributed by atoms with Gasteiger partial charge >= 0.3 is 5.69 Å². The standard InChI is InChI=1S/C48H64FN9O3/c1-32-27-37-36-17-10-11-18-38(36)52-42(37)44(57(32)31-48(2,3)49)35-28-50-46(51-29-35)56-25-22-33(23-26-56)30-54(4)24-12-8-6-7-9-15-34-16-13-19-39-43(34)55(5)47(61)58(39)40-20-14-21-41(59)53-45(40)60/h10-11,13,16-19,28-29,32-33,40,44,52H,6-9,12,14-15,20-27,30-31H2,1-5H3,(H,53,59,60)/t32-,40?,44-/m1/s1. The van der Waals surface area contributed by atoms with Crippen LogP contribution in [0.15, 0.2) is 59.7 Å². The quantitative estimate of drug-likeness (QED) is 0.0827. The normalized spacial score (nSPS) is 20.8. The number of hydrogen-bond acceptors (Lipinski definition) is 8. The van der Waals surface area contributed by atoms with Gasteiger partial charge in [-0.2, -0.15) is 0 Å². The first kappa shape index (κ1) is 42.8. The number of imidazole rings is 1. The van der Waals surface area contributed by atoms with E-state index in [-0.39, 0.29) is 23.7 Å². The van der Waals surface area contributed by atoms with E-state index in [9.17, 15) is 14.4 Å². The number of H-pyrrole nitrogens is 1. The molecule has 0 spiro atoms. The molecule has 6 heterocycles. The maximum Gasteiger partial charge on any atom is 0.329 e. The summed E-state index contributed by atoms with van der Waals surface area (Å²) in [6.07, 6.45) is 15.0. The average Bonchev–Trinajstić information content (AvgIpc) is 3.65. The van der Waals surface area contributed by atoms with Crippen LogP contribution < -0.4 is 15.9 Å². The lowest BCUT2D eigenvalue weighted by Gasteiger charge is -2.42. The average molecular weight is 834 g/mol. The van der Waals surface area contributed by atoms with Crippen molar-refractivity contribution in [1.82, 2.24) is 39.2 Å². The number of carbonyl (C=O) groups excluding carboxylic acids is 2. The van der Waals surface area contributed by atoms with Crippen molar-refractivity contribution in [3.8, 4) is 0 Å². The minimum absolute atomic E-state index is 0.145. The first-order valence-corrected chi connectivity index (χ1v) is 22.7. The fourth-order valence-corrected chi connectivity index (χ4v) is 10.4. The predicted molar refractivity (Wildman–Crippen MR) is 240 cm³/mol. The summed E-state index contributed by atoms with van der Waals surface area (Å²) in [5.41, 5.74) is 5.76. The number of nitrogens with zero attached hydrogens (tertiary/aromatic N) is 7. The van der Waals surface area contributed by atoms with Crippen LogP contribution in [0.5, 0.6) is 0 Å². The molecule has 3 aliphatic rings. The number of halogens is 1. The SMILES string of the molecule is C[C@@H]1Cc2c([nH]c3ccccc23)[C@@H](c2cnc(N3CCC(CN(C)CCCCCCCc4cccc5c4n(C)c(=O)n5C4CCCC(=O)NC4=O)CC3)nc2)N1CC(C)(C)F. The number of imide groups is 1. The lowest BCUT2D eigenvalue weighted by molar-refractivity contribution is -0.131. The van der Waals surface area contributed by atoms with Gasteiger partial charge in [-0.15, -0.1) is 0 Å². The first-order chi connectivity index (χ1) is 29.4. The Labute approximate surface area is 358 Å². The van der Waals surface area contributed by atoms with Crippen LogP contribution in [-0.2, 0) is 29.5 Å². The lowest BCUT2D eigenvalue weighted by Crippen LogP contribution is -2.47. The molecule has 3 aliphatic heterocycles. The Morgan fingerprint density at radius 2 is 1.67 bits per heavy atom. The first-order valence-electron chi connectivity index (χ1n) is 22.7. The summed E-state index contributed by atoms with van der Waals surface area (Å²) in [5, 5.41) is 3.70. The number of nitrogens with one attached hydrogen (secondary N) is 2. The minimum Gasteiger partial charge on any atom is -0.357 e. The molecule has 12 nitrogen and oxygen atoms in total. The zero-order chi connectivity index (χ0) is 42.8. The molecule has 3 atom stereocenters. The van der Waals surface area contributed by atoms with E-state index in [1.807, 2.05) is 24.5 Å². The summed E-state index contributed by atoms with van der Waals surface area (Å²) in [7, 11) is 4.03. The molecule has 0 aliphatic carbocycles. The zero-order valence-corrected chi connectivity index (χ0v) is 36.8. The van der Waals surface area contributed by atoms with Crippen molar-refractivity contribution in [2.45, 2.75) is 122 Å². The van der Waals surface area contributed by atoms with Gasteiger partial charge in [-0.3, -0.25) is 28.9 Å². The largest absolute Gasteiger partial charge is 0.357 e. The van der Waals surface area contributed by atoms with E-state index in [4.69, 9.17) is 9.97 Å². The molecule has 2 N–H and O–H groups in total. The third-order valence-corrected chi connectivity index (χ3v) is 13.4. The molecule has 0 saturated carbocycles. The molecule has 5 aromatic rings.